The maximum absolute atomic E-state index is 12.2. The highest BCUT2D eigenvalue weighted by Gasteiger charge is 2.39. The lowest BCUT2D eigenvalue weighted by Crippen LogP contribution is -2.59. The van der Waals surface area contributed by atoms with Gasteiger partial charge in [-0.05, 0) is 33.6 Å². The SMILES string of the molecule is CC(C)(C)OC(=O)N1CCCC(O)(CN2CCOC(C(N)=O)C2)C1. The molecule has 0 aromatic carbocycles. The molecule has 138 valence electrons. The van der Waals surface area contributed by atoms with E-state index in [9.17, 15) is 14.7 Å². The molecule has 0 saturated carbocycles. The Morgan fingerprint density at radius 2 is 2.08 bits per heavy atom. The summed E-state index contributed by atoms with van der Waals surface area (Å²) in [5.41, 5.74) is 3.71. The second-order valence-corrected chi connectivity index (χ2v) is 7.73. The smallest absolute Gasteiger partial charge is 0.410 e. The van der Waals surface area contributed by atoms with Gasteiger partial charge in [0.15, 0.2) is 0 Å². The molecular formula is C16H29N3O5. The summed E-state index contributed by atoms with van der Waals surface area (Å²) >= 11 is 0. The van der Waals surface area contributed by atoms with Crippen LogP contribution in [0.4, 0.5) is 4.79 Å². The molecule has 2 aliphatic rings. The van der Waals surface area contributed by atoms with Crippen LogP contribution in [0.3, 0.4) is 0 Å². The van der Waals surface area contributed by atoms with E-state index in [1.54, 1.807) is 4.90 Å². The van der Waals surface area contributed by atoms with E-state index in [0.29, 0.717) is 45.6 Å². The van der Waals surface area contributed by atoms with Crippen molar-refractivity contribution in [2.45, 2.75) is 50.9 Å². The Balaban J connectivity index is 1.94. The van der Waals surface area contributed by atoms with E-state index >= 15 is 0 Å². The van der Waals surface area contributed by atoms with Crippen molar-refractivity contribution in [1.29, 1.82) is 0 Å². The number of carbonyl (C=O) groups excluding carboxylic acids is 2. The maximum atomic E-state index is 12.2. The minimum atomic E-state index is -1.02. The normalized spacial score (nSPS) is 29.3. The van der Waals surface area contributed by atoms with Gasteiger partial charge in [0.25, 0.3) is 0 Å². The molecule has 0 radical (unpaired) electrons. The van der Waals surface area contributed by atoms with Gasteiger partial charge in [-0.25, -0.2) is 4.79 Å². The van der Waals surface area contributed by atoms with Crippen LogP contribution in [0.2, 0.25) is 0 Å². The van der Waals surface area contributed by atoms with Gasteiger partial charge in [-0.15, -0.1) is 0 Å². The lowest BCUT2D eigenvalue weighted by atomic mass is 9.92. The fraction of sp³-hybridized carbons (Fsp3) is 0.875. The summed E-state index contributed by atoms with van der Waals surface area (Å²) in [7, 11) is 0. The monoisotopic (exact) mass is 343 g/mol. The van der Waals surface area contributed by atoms with Crippen LogP contribution in [0.15, 0.2) is 0 Å². The summed E-state index contributed by atoms with van der Waals surface area (Å²) in [4.78, 5) is 27.0. The number of piperidine rings is 1. The van der Waals surface area contributed by atoms with E-state index < -0.39 is 29.3 Å². The molecule has 0 aromatic heterocycles. The van der Waals surface area contributed by atoms with Gasteiger partial charge in [0.05, 0.1) is 18.8 Å². The van der Waals surface area contributed by atoms with Crippen LogP contribution < -0.4 is 5.73 Å². The number of rotatable bonds is 3. The molecule has 3 N–H and O–H groups in total. The van der Waals surface area contributed by atoms with Gasteiger partial charge in [-0.3, -0.25) is 9.69 Å². The first-order valence-electron chi connectivity index (χ1n) is 8.42. The van der Waals surface area contributed by atoms with Gasteiger partial charge in [0, 0.05) is 26.2 Å². The van der Waals surface area contributed by atoms with Gasteiger partial charge in [0.2, 0.25) is 5.91 Å². The second-order valence-electron chi connectivity index (χ2n) is 7.73. The van der Waals surface area contributed by atoms with Crippen LogP contribution in [-0.4, -0.2) is 83.5 Å². The summed E-state index contributed by atoms with van der Waals surface area (Å²) in [6.45, 7) is 8.02. The highest BCUT2D eigenvalue weighted by Crippen LogP contribution is 2.25. The first kappa shape index (κ1) is 19.0. The second kappa shape index (κ2) is 7.25. The largest absolute Gasteiger partial charge is 0.444 e. The van der Waals surface area contributed by atoms with Gasteiger partial charge >= 0.3 is 6.09 Å². The Morgan fingerprint density at radius 1 is 1.38 bits per heavy atom. The van der Waals surface area contributed by atoms with Crippen LogP contribution in [0.25, 0.3) is 0 Å². The van der Waals surface area contributed by atoms with Crippen molar-refractivity contribution in [3.8, 4) is 0 Å². The molecule has 8 heteroatoms. The number of ether oxygens (including phenoxy) is 2. The number of morpholine rings is 1. The summed E-state index contributed by atoms with van der Waals surface area (Å²) in [5, 5.41) is 10.9. The molecule has 24 heavy (non-hydrogen) atoms. The van der Waals surface area contributed by atoms with Crippen molar-refractivity contribution in [3.63, 3.8) is 0 Å². The number of primary amides is 1. The van der Waals surface area contributed by atoms with E-state index in [4.69, 9.17) is 15.2 Å². The molecule has 2 amide bonds. The van der Waals surface area contributed by atoms with E-state index in [1.165, 1.54) is 0 Å². The number of amides is 2. The van der Waals surface area contributed by atoms with E-state index in [2.05, 4.69) is 0 Å². The first-order chi connectivity index (χ1) is 11.1. The molecule has 0 aliphatic carbocycles. The van der Waals surface area contributed by atoms with Crippen molar-refractivity contribution < 1.29 is 24.2 Å². The molecule has 2 unspecified atom stereocenters. The lowest BCUT2D eigenvalue weighted by molar-refractivity contribution is -0.138. The fourth-order valence-electron chi connectivity index (χ4n) is 3.16. The first-order valence-corrected chi connectivity index (χ1v) is 8.42. The van der Waals surface area contributed by atoms with Crippen molar-refractivity contribution in [3.05, 3.63) is 0 Å². The molecule has 8 nitrogen and oxygen atoms in total. The number of nitrogens with zero attached hydrogens (tertiary/aromatic N) is 2. The molecule has 2 saturated heterocycles. The molecule has 2 atom stereocenters. The maximum Gasteiger partial charge on any atom is 0.410 e. The molecule has 2 fully saturated rings. The molecule has 0 spiro atoms. The molecule has 2 aliphatic heterocycles. The summed E-state index contributed by atoms with van der Waals surface area (Å²) < 4.78 is 10.7. The number of likely N-dealkylation sites (tertiary alicyclic amines) is 1. The standard InChI is InChI=1S/C16H29N3O5/c1-15(2,3)24-14(21)19-6-4-5-16(22,11-19)10-18-7-8-23-12(9-18)13(17)20/h12,22H,4-11H2,1-3H3,(H2,17,20). The molecule has 0 aromatic rings. The van der Waals surface area contributed by atoms with Crippen molar-refractivity contribution in [2.75, 3.05) is 39.3 Å². The summed E-state index contributed by atoms with van der Waals surface area (Å²) in [6.07, 6.45) is 0.259. The Kier molecular flexibility index (Phi) is 5.72. The van der Waals surface area contributed by atoms with Gasteiger partial charge < -0.3 is 25.2 Å². The Labute approximate surface area is 142 Å². The highest BCUT2D eigenvalue weighted by atomic mass is 16.6. The zero-order valence-corrected chi connectivity index (χ0v) is 14.8. The fourth-order valence-corrected chi connectivity index (χ4v) is 3.16. The number of hydrogen-bond donors (Lipinski definition) is 2. The van der Waals surface area contributed by atoms with Crippen molar-refractivity contribution in [1.82, 2.24) is 9.80 Å². The number of hydrogen-bond acceptors (Lipinski definition) is 6. The Morgan fingerprint density at radius 3 is 2.71 bits per heavy atom. The summed E-state index contributed by atoms with van der Waals surface area (Å²) in [6, 6.07) is 0. The van der Waals surface area contributed by atoms with Gasteiger partial charge in [-0.1, -0.05) is 0 Å². The van der Waals surface area contributed by atoms with Crippen LogP contribution in [0.5, 0.6) is 0 Å². The highest BCUT2D eigenvalue weighted by molar-refractivity contribution is 5.79. The average molecular weight is 343 g/mol. The molecular weight excluding hydrogens is 314 g/mol. The van der Waals surface area contributed by atoms with Crippen molar-refractivity contribution in [2.24, 2.45) is 5.73 Å². The Hall–Kier alpha value is -1.38. The van der Waals surface area contributed by atoms with E-state index in [-0.39, 0.29) is 6.54 Å². The lowest BCUT2D eigenvalue weighted by Gasteiger charge is -2.43. The van der Waals surface area contributed by atoms with Crippen LogP contribution in [0.1, 0.15) is 33.6 Å². The minimum Gasteiger partial charge on any atom is -0.444 e. The van der Waals surface area contributed by atoms with E-state index in [1.807, 2.05) is 25.7 Å². The zero-order chi connectivity index (χ0) is 18.0. The molecule has 0 bridgehead atoms. The third-order valence-electron chi connectivity index (χ3n) is 4.19. The van der Waals surface area contributed by atoms with E-state index in [0.717, 1.165) is 0 Å². The zero-order valence-electron chi connectivity index (χ0n) is 14.8. The van der Waals surface area contributed by atoms with Gasteiger partial charge in [-0.2, -0.15) is 0 Å². The van der Waals surface area contributed by atoms with Crippen LogP contribution in [0, 0.1) is 0 Å². The number of carbonyl (C=O) groups is 2. The average Bonchev–Trinajstić information content (AvgIpc) is 2.45. The number of nitrogens with two attached hydrogens (primary N) is 1. The molecule has 2 rings (SSSR count). The topological polar surface area (TPSA) is 105 Å². The summed E-state index contributed by atoms with van der Waals surface area (Å²) in [5.74, 6) is -0.495. The minimum absolute atomic E-state index is 0.223. The van der Waals surface area contributed by atoms with Crippen LogP contribution >= 0.6 is 0 Å². The van der Waals surface area contributed by atoms with Gasteiger partial charge in [0.1, 0.15) is 11.7 Å². The number of β-amino-alcohol motifs (C(OH)–C–C–N with tert-alkyl or cyclic N) is 1. The van der Waals surface area contributed by atoms with Crippen molar-refractivity contribution >= 4 is 12.0 Å². The predicted molar refractivity (Wildman–Crippen MR) is 87.4 cm³/mol. The quantitative estimate of drug-likeness (QED) is 0.743. The Bertz CT molecular complexity index is 479. The number of aliphatic hydroxyl groups is 1. The predicted octanol–water partition coefficient (Wildman–Crippen LogP) is -0.0655. The molecule has 2 heterocycles. The third-order valence-corrected chi connectivity index (χ3v) is 4.19. The third kappa shape index (κ3) is 5.32. The van der Waals surface area contributed by atoms with Crippen LogP contribution in [-0.2, 0) is 14.3 Å².